The van der Waals surface area contributed by atoms with Crippen molar-refractivity contribution >= 4 is 0 Å². The zero-order valence-corrected chi connectivity index (χ0v) is 7.06. The molecule has 0 saturated carbocycles. The van der Waals surface area contributed by atoms with Gasteiger partial charge in [-0.1, -0.05) is 33.1 Å². The lowest BCUT2D eigenvalue weighted by Crippen LogP contribution is -1.91. The van der Waals surface area contributed by atoms with Crippen molar-refractivity contribution in [2.24, 2.45) is 5.92 Å². The van der Waals surface area contributed by atoms with Crippen LogP contribution >= 0.6 is 0 Å². The molecule has 1 unspecified atom stereocenters. The van der Waals surface area contributed by atoms with E-state index in [0.717, 1.165) is 6.42 Å². The van der Waals surface area contributed by atoms with Gasteiger partial charge in [0.15, 0.2) is 0 Å². The molecule has 0 aromatic carbocycles. The Labute approximate surface area is 64.1 Å². The van der Waals surface area contributed by atoms with E-state index >= 15 is 0 Å². The summed E-state index contributed by atoms with van der Waals surface area (Å²) in [4.78, 5) is 0. The third-order valence-electron chi connectivity index (χ3n) is 1.74. The van der Waals surface area contributed by atoms with E-state index in [1.54, 1.807) is 0 Å². The van der Waals surface area contributed by atoms with Gasteiger partial charge < -0.3 is 0 Å². The topological polar surface area (TPSA) is 23.8 Å². The number of unbranched alkanes of at least 4 members (excludes halogenated alkanes) is 2. The van der Waals surface area contributed by atoms with Gasteiger partial charge in [0, 0.05) is 6.42 Å². The first-order chi connectivity index (χ1) is 4.81. The molecule has 0 fully saturated rings. The molecular formula is C9H17N. The Kier molecular flexibility index (Phi) is 6.27. The van der Waals surface area contributed by atoms with Crippen LogP contribution < -0.4 is 0 Å². The highest BCUT2D eigenvalue weighted by atomic mass is 14.2. The maximum atomic E-state index is 8.34. The quantitative estimate of drug-likeness (QED) is 0.537. The Morgan fingerprint density at radius 3 is 2.60 bits per heavy atom. The summed E-state index contributed by atoms with van der Waals surface area (Å²) in [6.45, 7) is 4.35. The molecule has 0 aromatic rings. The van der Waals surface area contributed by atoms with Gasteiger partial charge in [-0.25, -0.2) is 0 Å². The molecule has 0 aliphatic heterocycles. The van der Waals surface area contributed by atoms with Crippen LogP contribution in [-0.4, -0.2) is 0 Å². The molecule has 0 aliphatic rings. The predicted molar refractivity (Wildman–Crippen MR) is 43.5 cm³/mol. The van der Waals surface area contributed by atoms with E-state index in [-0.39, 0.29) is 0 Å². The summed E-state index contributed by atoms with van der Waals surface area (Å²) < 4.78 is 0. The van der Waals surface area contributed by atoms with E-state index < -0.39 is 0 Å². The molecule has 1 heteroatoms. The lowest BCUT2D eigenvalue weighted by molar-refractivity contribution is 0.504. The molecule has 0 amide bonds. The number of nitriles is 1. The van der Waals surface area contributed by atoms with Crippen molar-refractivity contribution < 1.29 is 0 Å². The first kappa shape index (κ1) is 9.49. The number of nitrogens with zero attached hydrogens (tertiary/aromatic N) is 1. The van der Waals surface area contributed by atoms with Gasteiger partial charge in [0.05, 0.1) is 6.07 Å². The SMILES string of the molecule is CCCCCC(C)CC#N. The van der Waals surface area contributed by atoms with E-state index in [9.17, 15) is 0 Å². The molecule has 0 aliphatic carbocycles. The van der Waals surface area contributed by atoms with Gasteiger partial charge in [0.1, 0.15) is 0 Å². The highest BCUT2D eigenvalue weighted by molar-refractivity contribution is 4.72. The van der Waals surface area contributed by atoms with Crippen molar-refractivity contribution in [2.75, 3.05) is 0 Å². The van der Waals surface area contributed by atoms with Crippen molar-refractivity contribution in [3.05, 3.63) is 0 Å². The van der Waals surface area contributed by atoms with Crippen LogP contribution in [0.15, 0.2) is 0 Å². The van der Waals surface area contributed by atoms with E-state index in [0.29, 0.717) is 5.92 Å². The summed E-state index contributed by atoms with van der Waals surface area (Å²) >= 11 is 0. The Bertz CT molecular complexity index is 102. The number of hydrogen-bond acceptors (Lipinski definition) is 1. The molecule has 0 spiro atoms. The van der Waals surface area contributed by atoms with Crippen LogP contribution in [0.25, 0.3) is 0 Å². The average molecular weight is 139 g/mol. The summed E-state index contributed by atoms with van der Waals surface area (Å²) in [5, 5.41) is 8.34. The summed E-state index contributed by atoms with van der Waals surface area (Å²) in [7, 11) is 0. The largest absolute Gasteiger partial charge is 0.198 e. The van der Waals surface area contributed by atoms with Crippen molar-refractivity contribution in [3.63, 3.8) is 0 Å². The van der Waals surface area contributed by atoms with Crippen molar-refractivity contribution in [2.45, 2.75) is 46.0 Å². The predicted octanol–water partition coefficient (Wildman–Crippen LogP) is 3.12. The zero-order valence-electron chi connectivity index (χ0n) is 7.06. The first-order valence-electron chi connectivity index (χ1n) is 4.18. The third kappa shape index (κ3) is 5.62. The average Bonchev–Trinajstić information content (AvgIpc) is 1.89. The van der Waals surface area contributed by atoms with Gasteiger partial charge in [-0.2, -0.15) is 5.26 Å². The second-order valence-corrected chi connectivity index (χ2v) is 2.96. The molecule has 0 heterocycles. The van der Waals surface area contributed by atoms with Gasteiger partial charge in [-0.05, 0) is 12.3 Å². The van der Waals surface area contributed by atoms with Crippen LogP contribution in [0.3, 0.4) is 0 Å². The molecule has 0 rings (SSSR count). The molecule has 1 nitrogen and oxygen atoms in total. The monoisotopic (exact) mass is 139 g/mol. The highest BCUT2D eigenvalue weighted by Gasteiger charge is 1.98. The highest BCUT2D eigenvalue weighted by Crippen LogP contribution is 2.11. The molecule has 0 aromatic heterocycles. The van der Waals surface area contributed by atoms with Crippen molar-refractivity contribution in [3.8, 4) is 6.07 Å². The second-order valence-electron chi connectivity index (χ2n) is 2.96. The summed E-state index contributed by atoms with van der Waals surface area (Å²) in [6, 6.07) is 2.19. The zero-order chi connectivity index (χ0) is 7.82. The van der Waals surface area contributed by atoms with Crippen LogP contribution in [0.5, 0.6) is 0 Å². The summed E-state index contributed by atoms with van der Waals surface area (Å²) in [6.07, 6.45) is 5.83. The van der Waals surface area contributed by atoms with Gasteiger partial charge in [0.25, 0.3) is 0 Å². The molecule has 0 N–H and O–H groups in total. The molecule has 58 valence electrons. The van der Waals surface area contributed by atoms with Gasteiger partial charge in [-0.15, -0.1) is 0 Å². The Balaban J connectivity index is 3.06. The van der Waals surface area contributed by atoms with E-state index in [4.69, 9.17) is 5.26 Å². The molecule has 1 atom stereocenters. The molecule has 0 bridgehead atoms. The first-order valence-corrected chi connectivity index (χ1v) is 4.18. The van der Waals surface area contributed by atoms with Gasteiger partial charge >= 0.3 is 0 Å². The summed E-state index contributed by atoms with van der Waals surface area (Å²) in [5.74, 6) is 0.608. The molecule has 0 radical (unpaired) electrons. The summed E-state index contributed by atoms with van der Waals surface area (Å²) in [5.41, 5.74) is 0. The van der Waals surface area contributed by atoms with Crippen LogP contribution in [-0.2, 0) is 0 Å². The van der Waals surface area contributed by atoms with Crippen LogP contribution in [0.2, 0.25) is 0 Å². The molecule has 10 heavy (non-hydrogen) atoms. The Hall–Kier alpha value is -0.510. The number of hydrogen-bond donors (Lipinski definition) is 0. The maximum Gasteiger partial charge on any atom is 0.0624 e. The Morgan fingerprint density at radius 1 is 1.40 bits per heavy atom. The lowest BCUT2D eigenvalue weighted by Gasteiger charge is -2.04. The van der Waals surface area contributed by atoms with Gasteiger partial charge in [0.2, 0.25) is 0 Å². The second kappa shape index (κ2) is 6.61. The minimum Gasteiger partial charge on any atom is -0.198 e. The normalized spacial score (nSPS) is 12.5. The van der Waals surface area contributed by atoms with E-state index in [1.165, 1.54) is 25.7 Å². The number of rotatable bonds is 5. The third-order valence-corrected chi connectivity index (χ3v) is 1.74. The van der Waals surface area contributed by atoms with Crippen LogP contribution in [0.1, 0.15) is 46.0 Å². The van der Waals surface area contributed by atoms with Crippen LogP contribution in [0.4, 0.5) is 0 Å². The fourth-order valence-corrected chi connectivity index (χ4v) is 1.00. The molecule has 0 saturated heterocycles. The Morgan fingerprint density at radius 2 is 2.10 bits per heavy atom. The van der Waals surface area contributed by atoms with Crippen LogP contribution in [0, 0.1) is 17.2 Å². The van der Waals surface area contributed by atoms with E-state index in [2.05, 4.69) is 19.9 Å². The lowest BCUT2D eigenvalue weighted by atomic mass is 10.0. The fourth-order valence-electron chi connectivity index (χ4n) is 1.00. The molecular weight excluding hydrogens is 122 g/mol. The smallest absolute Gasteiger partial charge is 0.0624 e. The van der Waals surface area contributed by atoms with Crippen molar-refractivity contribution in [1.82, 2.24) is 0 Å². The van der Waals surface area contributed by atoms with Crippen molar-refractivity contribution in [1.29, 1.82) is 5.26 Å². The minimum atomic E-state index is 0.608. The van der Waals surface area contributed by atoms with E-state index in [1.807, 2.05) is 0 Å². The van der Waals surface area contributed by atoms with Gasteiger partial charge in [-0.3, -0.25) is 0 Å². The minimum absolute atomic E-state index is 0.608. The fraction of sp³-hybridized carbons (Fsp3) is 0.889. The standard InChI is InChI=1S/C9H17N/c1-3-4-5-6-9(2)7-8-10/h9H,3-7H2,1-2H3. The maximum absolute atomic E-state index is 8.34.